The molecule has 222 valence electrons. The number of aliphatic hydroxyl groups excluding tert-OH is 1. The van der Waals surface area contributed by atoms with E-state index in [-0.39, 0.29) is 11.3 Å². The van der Waals surface area contributed by atoms with Crippen LogP contribution in [0.3, 0.4) is 0 Å². The molecule has 1 amide bonds. The molecule has 0 bridgehead atoms. The van der Waals surface area contributed by atoms with Crippen LogP contribution in [0.2, 0.25) is 0 Å². The van der Waals surface area contributed by atoms with Crippen LogP contribution < -0.4 is 10.5 Å². The average molecular weight is 580 g/mol. The topological polar surface area (TPSA) is 119 Å². The predicted molar refractivity (Wildman–Crippen MR) is 167 cm³/mol. The van der Waals surface area contributed by atoms with Crippen LogP contribution in [-0.2, 0) is 10.2 Å². The summed E-state index contributed by atoms with van der Waals surface area (Å²) in [6, 6.07) is 21.2. The quantitative estimate of drug-likeness (QED) is 0.231. The van der Waals surface area contributed by atoms with Gasteiger partial charge in [-0.15, -0.1) is 0 Å². The Morgan fingerprint density at radius 2 is 1.81 bits per heavy atom. The second kappa shape index (κ2) is 11.2. The standard InChI is InChI=1S/C34H37N5O4/c1-21-16-26(43-25-7-5-6-24(19-25)34(2,3)4)9-11-30(21)39-32(35)27(20-36-39)31(40)29-18-23-17-22(8-10-28(23)37-29)33(41)38-12-14-42-15-13-38/h5-11,16-20,31,37,40H,12-15,35H2,1-4H3. The largest absolute Gasteiger partial charge is 0.457 e. The number of morpholine rings is 1. The second-order valence-corrected chi connectivity index (χ2v) is 12.1. The molecule has 0 spiro atoms. The number of rotatable bonds is 6. The summed E-state index contributed by atoms with van der Waals surface area (Å²) in [6.45, 7) is 10.8. The summed E-state index contributed by atoms with van der Waals surface area (Å²) < 4.78 is 13.2. The molecule has 4 N–H and O–H groups in total. The number of H-pyrrole nitrogens is 1. The molecular weight excluding hydrogens is 542 g/mol. The van der Waals surface area contributed by atoms with Crippen LogP contribution in [0.15, 0.2) is 72.9 Å². The minimum atomic E-state index is -1.03. The number of nitrogens with two attached hydrogens (primary N) is 1. The van der Waals surface area contributed by atoms with Gasteiger partial charge in [0.15, 0.2) is 0 Å². The Morgan fingerprint density at radius 1 is 1.05 bits per heavy atom. The molecule has 43 heavy (non-hydrogen) atoms. The van der Waals surface area contributed by atoms with Crippen molar-refractivity contribution in [1.82, 2.24) is 19.7 Å². The van der Waals surface area contributed by atoms with Crippen molar-refractivity contribution >= 4 is 22.6 Å². The summed E-state index contributed by atoms with van der Waals surface area (Å²) in [5.74, 6) is 1.80. The average Bonchev–Trinajstić information content (AvgIpc) is 3.60. The molecule has 5 aromatic rings. The lowest BCUT2D eigenvalue weighted by molar-refractivity contribution is 0.0303. The van der Waals surface area contributed by atoms with Gasteiger partial charge in [-0.1, -0.05) is 32.9 Å². The van der Waals surface area contributed by atoms with Gasteiger partial charge in [-0.25, -0.2) is 4.68 Å². The van der Waals surface area contributed by atoms with E-state index in [1.165, 1.54) is 5.56 Å². The SMILES string of the molecule is Cc1cc(Oc2cccc(C(C)(C)C)c2)ccc1-n1ncc(C(O)c2cc3cc(C(=O)N4CCOCC4)ccc3[nH]2)c1N. The Balaban J connectivity index is 1.21. The lowest BCUT2D eigenvalue weighted by Gasteiger charge is -2.26. The molecule has 9 nitrogen and oxygen atoms in total. The summed E-state index contributed by atoms with van der Waals surface area (Å²) in [7, 11) is 0. The monoisotopic (exact) mass is 579 g/mol. The first-order valence-electron chi connectivity index (χ1n) is 14.5. The first-order chi connectivity index (χ1) is 20.6. The molecular formula is C34H37N5O4. The Bertz CT molecular complexity index is 1790. The van der Waals surface area contributed by atoms with E-state index in [0.29, 0.717) is 54.7 Å². The summed E-state index contributed by atoms with van der Waals surface area (Å²) in [5, 5.41) is 16.6. The number of nitrogens with zero attached hydrogens (tertiary/aromatic N) is 3. The van der Waals surface area contributed by atoms with E-state index in [0.717, 1.165) is 27.9 Å². The maximum Gasteiger partial charge on any atom is 0.254 e. The van der Waals surface area contributed by atoms with Crippen molar-refractivity contribution in [3.05, 3.63) is 101 Å². The number of amides is 1. The van der Waals surface area contributed by atoms with E-state index >= 15 is 0 Å². The fraction of sp³-hybridized carbons (Fsp3) is 0.294. The van der Waals surface area contributed by atoms with Crippen molar-refractivity contribution in [2.75, 3.05) is 32.0 Å². The van der Waals surface area contributed by atoms with Crippen LogP contribution in [0.4, 0.5) is 5.82 Å². The zero-order chi connectivity index (χ0) is 30.3. The summed E-state index contributed by atoms with van der Waals surface area (Å²) in [5.41, 5.74) is 11.9. The molecule has 1 fully saturated rings. The highest BCUT2D eigenvalue weighted by atomic mass is 16.5. The number of aliphatic hydroxyl groups is 1. The molecule has 1 atom stereocenters. The highest BCUT2D eigenvalue weighted by molar-refractivity contribution is 5.98. The van der Waals surface area contributed by atoms with Crippen molar-refractivity contribution in [3.63, 3.8) is 0 Å². The van der Waals surface area contributed by atoms with Crippen LogP contribution in [0.25, 0.3) is 16.6 Å². The number of carbonyl (C=O) groups excluding carboxylic acids is 1. The zero-order valence-corrected chi connectivity index (χ0v) is 24.9. The van der Waals surface area contributed by atoms with Gasteiger partial charge in [0.25, 0.3) is 5.91 Å². The van der Waals surface area contributed by atoms with Gasteiger partial charge in [-0.2, -0.15) is 5.10 Å². The Morgan fingerprint density at radius 3 is 2.56 bits per heavy atom. The van der Waals surface area contributed by atoms with Crippen LogP contribution in [0.5, 0.6) is 11.5 Å². The first kappa shape index (κ1) is 28.5. The third-order valence-corrected chi connectivity index (χ3v) is 7.94. The number of carbonyl (C=O) groups is 1. The van der Waals surface area contributed by atoms with Gasteiger partial charge in [-0.3, -0.25) is 4.79 Å². The number of nitrogen functional groups attached to an aromatic ring is 1. The Kier molecular flexibility index (Phi) is 7.45. The Hall–Kier alpha value is -4.60. The van der Waals surface area contributed by atoms with Crippen LogP contribution >= 0.6 is 0 Å². The minimum absolute atomic E-state index is 0.0239. The van der Waals surface area contributed by atoms with E-state index in [1.807, 2.05) is 55.5 Å². The smallest absolute Gasteiger partial charge is 0.254 e. The van der Waals surface area contributed by atoms with E-state index < -0.39 is 6.10 Å². The number of aromatic nitrogens is 3. The molecule has 9 heteroatoms. The van der Waals surface area contributed by atoms with Gasteiger partial charge in [0.05, 0.1) is 25.1 Å². The fourth-order valence-corrected chi connectivity index (χ4v) is 5.42. The molecule has 6 rings (SSSR count). The highest BCUT2D eigenvalue weighted by Crippen LogP contribution is 2.33. The van der Waals surface area contributed by atoms with Crippen molar-refractivity contribution in [3.8, 4) is 17.2 Å². The maximum absolute atomic E-state index is 13.0. The highest BCUT2D eigenvalue weighted by Gasteiger charge is 2.23. The van der Waals surface area contributed by atoms with E-state index in [4.69, 9.17) is 15.2 Å². The van der Waals surface area contributed by atoms with E-state index in [1.54, 1.807) is 21.8 Å². The first-order valence-corrected chi connectivity index (χ1v) is 14.5. The van der Waals surface area contributed by atoms with Gasteiger partial charge < -0.3 is 30.2 Å². The lowest BCUT2D eigenvalue weighted by atomic mass is 9.87. The normalized spacial score (nSPS) is 14.7. The van der Waals surface area contributed by atoms with Gasteiger partial charge >= 0.3 is 0 Å². The van der Waals surface area contributed by atoms with Gasteiger partial charge in [-0.05, 0) is 78.1 Å². The van der Waals surface area contributed by atoms with Crippen molar-refractivity contribution in [2.24, 2.45) is 0 Å². The molecule has 1 saturated heterocycles. The fourth-order valence-electron chi connectivity index (χ4n) is 5.42. The van der Waals surface area contributed by atoms with Crippen LogP contribution in [0, 0.1) is 6.92 Å². The third kappa shape index (κ3) is 5.74. The molecule has 0 aliphatic carbocycles. The molecule has 1 aliphatic heterocycles. The number of hydrogen-bond donors (Lipinski definition) is 3. The predicted octanol–water partition coefficient (Wildman–Crippen LogP) is 5.89. The van der Waals surface area contributed by atoms with Crippen molar-refractivity contribution in [2.45, 2.75) is 39.2 Å². The van der Waals surface area contributed by atoms with E-state index in [9.17, 15) is 9.90 Å². The summed E-state index contributed by atoms with van der Waals surface area (Å²) >= 11 is 0. The number of anilines is 1. The number of hydrogen-bond acceptors (Lipinski definition) is 6. The van der Waals surface area contributed by atoms with Crippen molar-refractivity contribution < 1.29 is 19.4 Å². The van der Waals surface area contributed by atoms with Crippen molar-refractivity contribution in [1.29, 1.82) is 0 Å². The van der Waals surface area contributed by atoms with E-state index in [2.05, 4.69) is 43.0 Å². The van der Waals surface area contributed by atoms with Crippen LogP contribution in [-0.4, -0.2) is 57.0 Å². The number of nitrogens with one attached hydrogen (secondary N) is 1. The third-order valence-electron chi connectivity index (χ3n) is 7.94. The molecule has 0 saturated carbocycles. The molecule has 3 aromatic carbocycles. The number of fused-ring (bicyclic) bond motifs is 1. The zero-order valence-electron chi connectivity index (χ0n) is 24.9. The molecule has 1 unspecified atom stereocenters. The number of aryl methyl sites for hydroxylation is 1. The van der Waals surface area contributed by atoms with Gasteiger partial charge in [0.2, 0.25) is 0 Å². The lowest BCUT2D eigenvalue weighted by Crippen LogP contribution is -2.40. The minimum Gasteiger partial charge on any atom is -0.457 e. The molecule has 0 radical (unpaired) electrons. The molecule has 3 heterocycles. The Labute approximate surface area is 250 Å². The number of ether oxygens (including phenoxy) is 2. The molecule has 2 aromatic heterocycles. The number of aromatic amines is 1. The van der Waals surface area contributed by atoms with Crippen LogP contribution in [0.1, 0.15) is 59.6 Å². The maximum atomic E-state index is 13.0. The molecule has 1 aliphatic rings. The summed E-state index contributed by atoms with van der Waals surface area (Å²) in [6.07, 6.45) is 0.554. The van der Waals surface area contributed by atoms with Gasteiger partial charge in [0, 0.05) is 40.8 Å². The second-order valence-electron chi connectivity index (χ2n) is 12.1. The number of benzene rings is 3. The summed E-state index contributed by atoms with van der Waals surface area (Å²) in [4.78, 5) is 18.0. The van der Waals surface area contributed by atoms with Gasteiger partial charge in [0.1, 0.15) is 23.4 Å².